The molecule has 0 saturated carbocycles. The molecule has 0 unspecified atom stereocenters. The van der Waals surface area contributed by atoms with Crippen molar-refractivity contribution in [3.8, 4) is 6.07 Å². The summed E-state index contributed by atoms with van der Waals surface area (Å²) in [4.78, 5) is 16.8. The zero-order valence-corrected chi connectivity index (χ0v) is 12.8. The van der Waals surface area contributed by atoms with Crippen LogP contribution < -0.4 is 5.32 Å². The van der Waals surface area contributed by atoms with E-state index in [1.165, 1.54) is 11.3 Å². The van der Waals surface area contributed by atoms with Gasteiger partial charge in [-0.25, -0.2) is 4.98 Å². The average molecular weight is 293 g/mol. The molecule has 0 aliphatic carbocycles. The van der Waals surface area contributed by atoms with Crippen molar-refractivity contribution in [3.63, 3.8) is 0 Å². The van der Waals surface area contributed by atoms with Crippen LogP contribution in [-0.2, 0) is 14.9 Å². The highest BCUT2D eigenvalue weighted by atomic mass is 32.1. The summed E-state index contributed by atoms with van der Waals surface area (Å²) in [6, 6.07) is 2.16. The van der Waals surface area contributed by atoms with Gasteiger partial charge in [0.1, 0.15) is 5.41 Å². The number of hydrogen-bond acceptors (Lipinski definition) is 5. The third-order valence-electron chi connectivity index (χ3n) is 3.49. The first kappa shape index (κ1) is 14.9. The molecule has 0 radical (unpaired) electrons. The van der Waals surface area contributed by atoms with Crippen LogP contribution in [0.15, 0.2) is 5.38 Å². The van der Waals surface area contributed by atoms with Crippen molar-refractivity contribution in [2.24, 2.45) is 5.41 Å². The summed E-state index contributed by atoms with van der Waals surface area (Å²) in [6.45, 7) is 7.12. The second-order valence-electron chi connectivity index (χ2n) is 6.05. The lowest BCUT2D eigenvalue weighted by Gasteiger charge is -2.28. The molecule has 5 nitrogen and oxygen atoms in total. The lowest BCUT2D eigenvalue weighted by Crippen LogP contribution is -2.39. The summed E-state index contributed by atoms with van der Waals surface area (Å²) >= 11 is 1.39. The van der Waals surface area contributed by atoms with Crippen LogP contribution in [0.5, 0.6) is 0 Å². The molecule has 1 N–H and O–H groups in total. The van der Waals surface area contributed by atoms with Gasteiger partial charge in [-0.1, -0.05) is 20.8 Å². The second-order valence-corrected chi connectivity index (χ2v) is 6.91. The first-order valence-electron chi connectivity index (χ1n) is 6.64. The number of amides is 1. The van der Waals surface area contributed by atoms with E-state index in [0.29, 0.717) is 31.2 Å². The Morgan fingerprint density at radius 2 is 2.15 bits per heavy atom. The summed E-state index contributed by atoms with van der Waals surface area (Å²) in [5.74, 6) is -0.266. The molecule has 1 aromatic heterocycles. The number of thiazole rings is 1. The minimum absolute atomic E-state index is 0.0505. The predicted molar refractivity (Wildman–Crippen MR) is 77.5 cm³/mol. The largest absolute Gasteiger partial charge is 0.381 e. The summed E-state index contributed by atoms with van der Waals surface area (Å²) in [7, 11) is 0. The Labute approximate surface area is 123 Å². The number of carbonyl (C=O) groups excluding carboxylic acids is 1. The number of rotatable bonds is 2. The van der Waals surface area contributed by atoms with Gasteiger partial charge in [0.2, 0.25) is 5.91 Å². The van der Waals surface area contributed by atoms with E-state index in [4.69, 9.17) is 4.74 Å². The smallest absolute Gasteiger partial charge is 0.246 e. The average Bonchev–Trinajstić information content (AvgIpc) is 2.88. The van der Waals surface area contributed by atoms with Crippen LogP contribution in [0.4, 0.5) is 5.13 Å². The minimum Gasteiger partial charge on any atom is -0.381 e. The molecule has 1 fully saturated rings. The number of anilines is 1. The standard InChI is InChI=1S/C14H19N3O2S/c1-13(2,3)10-8-20-12(16-10)17-11(18)14(9-15)4-6-19-7-5-14/h8H,4-7H2,1-3H3,(H,16,17,18). The van der Waals surface area contributed by atoms with E-state index in [1.807, 2.05) is 5.38 Å². The van der Waals surface area contributed by atoms with E-state index in [9.17, 15) is 10.1 Å². The number of ether oxygens (including phenoxy) is 1. The maximum Gasteiger partial charge on any atom is 0.246 e. The van der Waals surface area contributed by atoms with Gasteiger partial charge < -0.3 is 10.1 Å². The highest BCUT2D eigenvalue weighted by Gasteiger charge is 2.40. The fourth-order valence-electron chi connectivity index (χ4n) is 2.00. The van der Waals surface area contributed by atoms with E-state index < -0.39 is 5.41 Å². The molecule has 108 valence electrons. The van der Waals surface area contributed by atoms with Gasteiger partial charge in [0.15, 0.2) is 5.13 Å². The van der Waals surface area contributed by atoms with Crippen LogP contribution in [0.1, 0.15) is 39.3 Å². The molecule has 0 spiro atoms. The van der Waals surface area contributed by atoms with Gasteiger partial charge in [-0.05, 0) is 12.8 Å². The normalized spacial score (nSPS) is 18.3. The van der Waals surface area contributed by atoms with Gasteiger partial charge in [-0.15, -0.1) is 11.3 Å². The third kappa shape index (κ3) is 3.00. The Kier molecular flexibility index (Phi) is 4.11. The monoisotopic (exact) mass is 293 g/mol. The molecule has 1 saturated heterocycles. The number of hydrogen-bond donors (Lipinski definition) is 1. The molecule has 1 amide bonds. The van der Waals surface area contributed by atoms with Gasteiger partial charge in [0.25, 0.3) is 0 Å². The Morgan fingerprint density at radius 1 is 1.50 bits per heavy atom. The maximum absolute atomic E-state index is 12.4. The fourth-order valence-corrected chi connectivity index (χ4v) is 2.93. The van der Waals surface area contributed by atoms with Crippen molar-refractivity contribution < 1.29 is 9.53 Å². The quantitative estimate of drug-likeness (QED) is 0.909. The number of nitrogens with zero attached hydrogens (tertiary/aromatic N) is 2. The third-order valence-corrected chi connectivity index (χ3v) is 4.25. The lowest BCUT2D eigenvalue weighted by atomic mass is 9.81. The van der Waals surface area contributed by atoms with Crippen molar-refractivity contribution in [3.05, 3.63) is 11.1 Å². The first-order chi connectivity index (χ1) is 9.37. The van der Waals surface area contributed by atoms with E-state index in [1.54, 1.807) is 0 Å². The van der Waals surface area contributed by atoms with Crippen molar-refractivity contribution in [1.82, 2.24) is 4.98 Å². The first-order valence-corrected chi connectivity index (χ1v) is 7.52. The lowest BCUT2D eigenvalue weighted by molar-refractivity contribution is -0.126. The highest BCUT2D eigenvalue weighted by Crippen LogP contribution is 2.32. The molecule has 2 heterocycles. The number of nitriles is 1. The summed E-state index contributed by atoms with van der Waals surface area (Å²) in [5.41, 5.74) is -0.0903. The van der Waals surface area contributed by atoms with Crippen molar-refractivity contribution in [2.45, 2.75) is 39.0 Å². The molecular weight excluding hydrogens is 274 g/mol. The van der Waals surface area contributed by atoms with E-state index >= 15 is 0 Å². The summed E-state index contributed by atoms with van der Waals surface area (Å²) in [5, 5.41) is 14.6. The Hall–Kier alpha value is -1.45. The van der Waals surface area contributed by atoms with Gasteiger partial charge in [0.05, 0.1) is 11.8 Å². The van der Waals surface area contributed by atoms with Crippen LogP contribution in [0.3, 0.4) is 0 Å². The van der Waals surface area contributed by atoms with Crippen LogP contribution in [-0.4, -0.2) is 24.1 Å². The molecule has 20 heavy (non-hydrogen) atoms. The zero-order chi connectivity index (χ0) is 14.8. The molecule has 6 heteroatoms. The van der Waals surface area contributed by atoms with E-state index in [0.717, 1.165) is 5.69 Å². The van der Waals surface area contributed by atoms with Gasteiger partial charge in [-0.2, -0.15) is 5.26 Å². The highest BCUT2D eigenvalue weighted by molar-refractivity contribution is 7.14. The molecule has 2 rings (SSSR count). The van der Waals surface area contributed by atoms with Gasteiger partial charge in [-0.3, -0.25) is 4.79 Å². The number of carbonyl (C=O) groups is 1. The Bertz CT molecular complexity index is 533. The number of aromatic nitrogens is 1. The Balaban J connectivity index is 2.11. The molecule has 0 atom stereocenters. The second kappa shape index (κ2) is 5.51. The summed E-state index contributed by atoms with van der Waals surface area (Å²) in [6.07, 6.45) is 0.875. The van der Waals surface area contributed by atoms with Crippen molar-refractivity contribution in [1.29, 1.82) is 5.26 Å². The SMILES string of the molecule is CC(C)(C)c1csc(NC(=O)C2(C#N)CCOCC2)n1. The fraction of sp³-hybridized carbons (Fsp3) is 0.643. The van der Waals surface area contributed by atoms with Crippen molar-refractivity contribution >= 4 is 22.4 Å². The molecule has 0 bridgehead atoms. The van der Waals surface area contributed by atoms with Crippen LogP contribution >= 0.6 is 11.3 Å². The Morgan fingerprint density at radius 3 is 2.65 bits per heavy atom. The molecule has 0 aromatic carbocycles. The zero-order valence-electron chi connectivity index (χ0n) is 12.0. The number of nitrogens with one attached hydrogen (secondary N) is 1. The van der Waals surface area contributed by atoms with E-state index in [-0.39, 0.29) is 11.3 Å². The molecule has 1 aliphatic rings. The van der Waals surface area contributed by atoms with Gasteiger partial charge >= 0.3 is 0 Å². The van der Waals surface area contributed by atoms with Crippen molar-refractivity contribution in [2.75, 3.05) is 18.5 Å². The predicted octanol–water partition coefficient (Wildman–Crippen LogP) is 2.70. The van der Waals surface area contributed by atoms with E-state index in [2.05, 4.69) is 37.1 Å². The van der Waals surface area contributed by atoms with Gasteiger partial charge in [0, 0.05) is 24.0 Å². The van der Waals surface area contributed by atoms with Crippen LogP contribution in [0.2, 0.25) is 0 Å². The van der Waals surface area contributed by atoms with Crippen LogP contribution in [0, 0.1) is 16.7 Å². The molecule has 1 aromatic rings. The topological polar surface area (TPSA) is 75.0 Å². The van der Waals surface area contributed by atoms with Crippen LogP contribution in [0.25, 0.3) is 0 Å². The molecule has 1 aliphatic heterocycles. The maximum atomic E-state index is 12.4. The summed E-state index contributed by atoms with van der Waals surface area (Å²) < 4.78 is 5.23. The minimum atomic E-state index is -0.980. The molecular formula is C14H19N3O2S.